The number of carbonyl (C=O) groups excluding carboxylic acids is 1. The highest BCUT2D eigenvalue weighted by molar-refractivity contribution is 5.90. The van der Waals surface area contributed by atoms with E-state index in [4.69, 9.17) is 5.11 Å². The van der Waals surface area contributed by atoms with Crippen LogP contribution in [0.1, 0.15) is 25.3 Å². The standard InChI is InChI=1S/C15H23N3O2/c1-11(4-3-9-19)16-15(20)17-13-6-5-12-7-8-18(2)14(12)10-13/h5-6,10-11,19H,3-4,7-9H2,1-2H3,(H2,16,17,20). The molecule has 3 N–H and O–H groups in total. The minimum Gasteiger partial charge on any atom is -0.396 e. The summed E-state index contributed by atoms with van der Waals surface area (Å²) in [4.78, 5) is 14.1. The Balaban J connectivity index is 1.90. The van der Waals surface area contributed by atoms with Crippen molar-refractivity contribution >= 4 is 17.4 Å². The van der Waals surface area contributed by atoms with Crippen LogP contribution in [0.4, 0.5) is 16.2 Å². The van der Waals surface area contributed by atoms with Crippen molar-refractivity contribution in [2.45, 2.75) is 32.2 Å². The number of rotatable bonds is 5. The number of hydrogen-bond acceptors (Lipinski definition) is 3. The van der Waals surface area contributed by atoms with Gasteiger partial charge in [0, 0.05) is 37.6 Å². The van der Waals surface area contributed by atoms with Gasteiger partial charge in [0.2, 0.25) is 0 Å². The average molecular weight is 277 g/mol. The highest BCUT2D eigenvalue weighted by atomic mass is 16.3. The molecule has 1 unspecified atom stereocenters. The summed E-state index contributed by atoms with van der Waals surface area (Å²) in [6.07, 6.45) is 2.54. The second kappa shape index (κ2) is 6.61. The van der Waals surface area contributed by atoms with E-state index in [9.17, 15) is 4.79 Å². The number of hydrogen-bond donors (Lipinski definition) is 3. The number of fused-ring (bicyclic) bond motifs is 1. The second-order valence-electron chi connectivity index (χ2n) is 5.38. The summed E-state index contributed by atoms with van der Waals surface area (Å²) in [6, 6.07) is 5.88. The number of amides is 2. The largest absolute Gasteiger partial charge is 0.396 e. The van der Waals surface area contributed by atoms with Gasteiger partial charge in [0.25, 0.3) is 0 Å². The molecule has 0 aromatic heterocycles. The molecule has 1 atom stereocenters. The van der Waals surface area contributed by atoms with Crippen LogP contribution in [0.15, 0.2) is 18.2 Å². The smallest absolute Gasteiger partial charge is 0.319 e. The van der Waals surface area contributed by atoms with Crippen molar-refractivity contribution in [1.29, 1.82) is 0 Å². The molecule has 5 heteroatoms. The van der Waals surface area contributed by atoms with Crippen molar-refractivity contribution in [1.82, 2.24) is 5.32 Å². The van der Waals surface area contributed by atoms with Gasteiger partial charge in [0.05, 0.1) is 0 Å². The normalized spacial score (nSPS) is 14.8. The van der Waals surface area contributed by atoms with Crippen LogP contribution in [-0.2, 0) is 6.42 Å². The third kappa shape index (κ3) is 3.63. The molecule has 20 heavy (non-hydrogen) atoms. The maximum atomic E-state index is 11.9. The topological polar surface area (TPSA) is 64.6 Å². The number of nitrogens with one attached hydrogen (secondary N) is 2. The van der Waals surface area contributed by atoms with Crippen LogP contribution < -0.4 is 15.5 Å². The highest BCUT2D eigenvalue weighted by Gasteiger charge is 2.16. The zero-order valence-electron chi connectivity index (χ0n) is 12.1. The molecule has 0 saturated carbocycles. The average Bonchev–Trinajstić information content (AvgIpc) is 2.78. The summed E-state index contributed by atoms with van der Waals surface area (Å²) in [5, 5.41) is 14.5. The SMILES string of the molecule is CC(CCCO)NC(=O)Nc1ccc2c(c1)N(C)CC2. The first-order valence-corrected chi connectivity index (χ1v) is 7.12. The lowest BCUT2D eigenvalue weighted by molar-refractivity contribution is 0.245. The zero-order valence-corrected chi connectivity index (χ0v) is 12.1. The van der Waals surface area contributed by atoms with Crippen LogP contribution >= 0.6 is 0 Å². The van der Waals surface area contributed by atoms with Crippen LogP contribution in [0.5, 0.6) is 0 Å². The number of urea groups is 1. The number of anilines is 2. The van der Waals surface area contributed by atoms with Crippen LogP contribution in [-0.4, -0.2) is 37.4 Å². The van der Waals surface area contributed by atoms with Gasteiger partial charge in [-0.3, -0.25) is 0 Å². The lowest BCUT2D eigenvalue weighted by Crippen LogP contribution is -2.36. The van der Waals surface area contributed by atoms with Gasteiger partial charge in [0.15, 0.2) is 0 Å². The molecule has 2 amide bonds. The van der Waals surface area contributed by atoms with E-state index < -0.39 is 0 Å². The molecule has 5 nitrogen and oxygen atoms in total. The number of nitrogens with zero attached hydrogens (tertiary/aromatic N) is 1. The minimum atomic E-state index is -0.198. The summed E-state index contributed by atoms with van der Waals surface area (Å²) < 4.78 is 0. The first-order valence-electron chi connectivity index (χ1n) is 7.12. The first-order chi connectivity index (χ1) is 9.60. The number of carbonyl (C=O) groups is 1. The van der Waals surface area contributed by atoms with Gasteiger partial charge >= 0.3 is 6.03 Å². The Hall–Kier alpha value is -1.75. The van der Waals surface area contributed by atoms with E-state index in [2.05, 4.69) is 28.6 Å². The first kappa shape index (κ1) is 14.7. The van der Waals surface area contributed by atoms with E-state index in [1.165, 1.54) is 11.3 Å². The van der Waals surface area contributed by atoms with Gasteiger partial charge in [-0.1, -0.05) is 6.07 Å². The number of likely N-dealkylation sites (N-methyl/N-ethyl adjacent to an activating group) is 1. The summed E-state index contributed by atoms with van der Waals surface area (Å²) in [6.45, 7) is 3.12. The fraction of sp³-hybridized carbons (Fsp3) is 0.533. The molecule has 0 bridgehead atoms. The Morgan fingerprint density at radius 1 is 1.50 bits per heavy atom. The van der Waals surface area contributed by atoms with E-state index in [1.807, 2.05) is 19.1 Å². The number of aliphatic hydroxyl groups excluding tert-OH is 1. The Kier molecular flexibility index (Phi) is 4.84. The molecular weight excluding hydrogens is 254 g/mol. The zero-order chi connectivity index (χ0) is 14.5. The Bertz CT molecular complexity index is 476. The molecule has 110 valence electrons. The van der Waals surface area contributed by atoms with E-state index >= 15 is 0 Å². The van der Waals surface area contributed by atoms with Gasteiger partial charge in [0.1, 0.15) is 0 Å². The van der Waals surface area contributed by atoms with Gasteiger partial charge in [-0.15, -0.1) is 0 Å². The Labute approximate surface area is 120 Å². The van der Waals surface area contributed by atoms with Gasteiger partial charge < -0.3 is 20.6 Å². The van der Waals surface area contributed by atoms with Crippen LogP contribution in [0, 0.1) is 0 Å². The predicted molar refractivity (Wildman–Crippen MR) is 81.4 cm³/mol. The molecular formula is C15H23N3O2. The van der Waals surface area contributed by atoms with Gasteiger partial charge in [-0.2, -0.15) is 0 Å². The molecule has 1 aromatic rings. The third-order valence-electron chi connectivity index (χ3n) is 3.64. The van der Waals surface area contributed by atoms with Crippen molar-refractivity contribution in [3.8, 4) is 0 Å². The van der Waals surface area contributed by atoms with Crippen molar-refractivity contribution < 1.29 is 9.90 Å². The fourth-order valence-electron chi connectivity index (χ4n) is 2.48. The molecule has 0 aliphatic carbocycles. The molecule has 1 aliphatic heterocycles. The van der Waals surface area contributed by atoms with Gasteiger partial charge in [-0.25, -0.2) is 4.79 Å². The summed E-state index contributed by atoms with van der Waals surface area (Å²) >= 11 is 0. The lowest BCUT2D eigenvalue weighted by Gasteiger charge is -2.16. The van der Waals surface area contributed by atoms with Crippen molar-refractivity contribution in [3.63, 3.8) is 0 Å². The van der Waals surface area contributed by atoms with Crippen LogP contribution in [0.3, 0.4) is 0 Å². The molecule has 1 heterocycles. The molecule has 0 saturated heterocycles. The minimum absolute atomic E-state index is 0.0549. The summed E-state index contributed by atoms with van der Waals surface area (Å²) in [5.74, 6) is 0. The Morgan fingerprint density at radius 3 is 3.05 bits per heavy atom. The lowest BCUT2D eigenvalue weighted by atomic mass is 10.1. The summed E-state index contributed by atoms with van der Waals surface area (Å²) in [7, 11) is 2.06. The number of benzene rings is 1. The van der Waals surface area contributed by atoms with Crippen molar-refractivity contribution in [2.75, 3.05) is 30.4 Å². The monoisotopic (exact) mass is 277 g/mol. The van der Waals surface area contributed by atoms with E-state index in [1.54, 1.807) is 0 Å². The van der Waals surface area contributed by atoms with Gasteiger partial charge in [-0.05, 0) is 43.9 Å². The quantitative estimate of drug-likeness (QED) is 0.771. The maximum Gasteiger partial charge on any atom is 0.319 e. The maximum absolute atomic E-state index is 11.9. The third-order valence-corrected chi connectivity index (χ3v) is 3.64. The van der Waals surface area contributed by atoms with E-state index in [-0.39, 0.29) is 18.7 Å². The second-order valence-corrected chi connectivity index (χ2v) is 5.38. The molecule has 1 aromatic carbocycles. The van der Waals surface area contributed by atoms with E-state index in [0.29, 0.717) is 6.42 Å². The predicted octanol–water partition coefficient (Wildman–Crippen LogP) is 1.96. The summed E-state index contributed by atoms with van der Waals surface area (Å²) in [5.41, 5.74) is 3.33. The molecule has 0 fully saturated rings. The van der Waals surface area contributed by atoms with Crippen molar-refractivity contribution in [2.24, 2.45) is 0 Å². The molecule has 2 rings (SSSR count). The molecule has 0 spiro atoms. The van der Waals surface area contributed by atoms with Crippen molar-refractivity contribution in [3.05, 3.63) is 23.8 Å². The molecule has 0 radical (unpaired) electrons. The Morgan fingerprint density at radius 2 is 2.30 bits per heavy atom. The number of aliphatic hydroxyl groups is 1. The fourth-order valence-corrected chi connectivity index (χ4v) is 2.48. The highest BCUT2D eigenvalue weighted by Crippen LogP contribution is 2.29. The molecule has 1 aliphatic rings. The van der Waals surface area contributed by atoms with Crippen LogP contribution in [0.2, 0.25) is 0 Å². The van der Waals surface area contributed by atoms with E-state index in [0.717, 1.165) is 25.1 Å². The van der Waals surface area contributed by atoms with Crippen LogP contribution in [0.25, 0.3) is 0 Å².